The second kappa shape index (κ2) is 2.02. The maximum atomic E-state index is 5.36. The first-order valence-corrected chi connectivity index (χ1v) is 4.41. The highest BCUT2D eigenvalue weighted by atomic mass is 16.5. The van der Waals surface area contributed by atoms with Crippen molar-refractivity contribution in [2.24, 2.45) is 11.3 Å². The van der Waals surface area contributed by atoms with E-state index in [4.69, 9.17) is 4.74 Å². The summed E-state index contributed by atoms with van der Waals surface area (Å²) in [4.78, 5) is 0. The Morgan fingerprint density at radius 3 is 2.27 bits per heavy atom. The van der Waals surface area contributed by atoms with Gasteiger partial charge in [-0.2, -0.15) is 0 Å². The summed E-state index contributed by atoms with van der Waals surface area (Å²) in [6.45, 7) is 7.89. The average Bonchev–Trinajstić information content (AvgIpc) is 2.06. The molecule has 1 unspecified atom stereocenters. The quantitative estimate of drug-likeness (QED) is 0.518. The maximum absolute atomic E-state index is 5.36. The van der Waals surface area contributed by atoms with Crippen LogP contribution in [0, 0.1) is 11.3 Å². The van der Waals surface area contributed by atoms with Crippen LogP contribution in [-0.2, 0) is 4.74 Å². The summed E-state index contributed by atoms with van der Waals surface area (Å²) in [5, 5.41) is 0. The SMILES string of the molecule is CC(C)(C)C1CC2=C(C1)OC2. The highest BCUT2D eigenvalue weighted by molar-refractivity contribution is 5.24. The number of allylic oxidation sites excluding steroid dienone is 1. The first-order chi connectivity index (χ1) is 5.07. The minimum atomic E-state index is 0.459. The molecule has 0 saturated carbocycles. The first kappa shape index (κ1) is 7.20. The Hall–Kier alpha value is -0.460. The maximum Gasteiger partial charge on any atom is 0.112 e. The Balaban J connectivity index is 2.04. The number of hydrogen-bond donors (Lipinski definition) is 0. The van der Waals surface area contributed by atoms with Crippen LogP contribution in [0.2, 0.25) is 0 Å². The van der Waals surface area contributed by atoms with Gasteiger partial charge in [-0.1, -0.05) is 20.8 Å². The van der Waals surface area contributed by atoms with Gasteiger partial charge in [0.2, 0.25) is 0 Å². The smallest absolute Gasteiger partial charge is 0.112 e. The Morgan fingerprint density at radius 2 is 2.00 bits per heavy atom. The topological polar surface area (TPSA) is 9.23 Å². The predicted octanol–water partition coefficient (Wildman–Crippen LogP) is 2.73. The van der Waals surface area contributed by atoms with Gasteiger partial charge < -0.3 is 4.74 Å². The molecule has 1 nitrogen and oxygen atoms in total. The van der Waals surface area contributed by atoms with E-state index in [1.54, 1.807) is 5.57 Å². The molecule has 1 heterocycles. The molecule has 1 aliphatic carbocycles. The van der Waals surface area contributed by atoms with E-state index in [2.05, 4.69) is 20.8 Å². The third-order valence-corrected chi connectivity index (χ3v) is 2.96. The minimum absolute atomic E-state index is 0.459. The summed E-state index contributed by atoms with van der Waals surface area (Å²) in [6, 6.07) is 0. The number of hydrogen-bond acceptors (Lipinski definition) is 1. The van der Waals surface area contributed by atoms with Crippen LogP contribution in [0.15, 0.2) is 11.3 Å². The van der Waals surface area contributed by atoms with Crippen LogP contribution in [0.5, 0.6) is 0 Å². The zero-order valence-electron chi connectivity index (χ0n) is 7.61. The molecule has 0 amide bonds. The fraction of sp³-hybridized carbons (Fsp3) is 0.800. The largest absolute Gasteiger partial charge is 0.493 e. The van der Waals surface area contributed by atoms with Gasteiger partial charge in [0.25, 0.3) is 0 Å². The third-order valence-electron chi connectivity index (χ3n) is 2.96. The fourth-order valence-electron chi connectivity index (χ4n) is 1.86. The van der Waals surface area contributed by atoms with E-state index < -0.39 is 0 Å². The lowest BCUT2D eigenvalue weighted by Gasteiger charge is -2.26. The van der Waals surface area contributed by atoms with Crippen molar-refractivity contribution in [3.8, 4) is 0 Å². The van der Waals surface area contributed by atoms with Gasteiger partial charge in [0.05, 0.1) is 5.76 Å². The average molecular weight is 152 g/mol. The minimum Gasteiger partial charge on any atom is -0.493 e. The fourth-order valence-corrected chi connectivity index (χ4v) is 1.86. The van der Waals surface area contributed by atoms with E-state index in [1.807, 2.05) is 0 Å². The zero-order valence-corrected chi connectivity index (χ0v) is 7.61. The second-order valence-electron chi connectivity index (χ2n) is 4.79. The molecule has 0 aromatic rings. The summed E-state index contributed by atoms with van der Waals surface area (Å²) in [7, 11) is 0. The molecule has 0 bridgehead atoms. The summed E-state index contributed by atoms with van der Waals surface area (Å²) >= 11 is 0. The molecule has 0 aromatic heterocycles. The van der Waals surface area contributed by atoms with Crippen molar-refractivity contribution >= 4 is 0 Å². The second-order valence-corrected chi connectivity index (χ2v) is 4.79. The lowest BCUT2D eigenvalue weighted by Crippen LogP contribution is -2.17. The molecular weight excluding hydrogens is 136 g/mol. The summed E-state index contributed by atoms with van der Waals surface area (Å²) in [6.07, 6.45) is 2.48. The summed E-state index contributed by atoms with van der Waals surface area (Å²) in [5.74, 6) is 2.14. The summed E-state index contributed by atoms with van der Waals surface area (Å²) < 4.78 is 5.36. The van der Waals surface area contributed by atoms with Crippen LogP contribution in [0.25, 0.3) is 0 Å². The van der Waals surface area contributed by atoms with Gasteiger partial charge in [-0.3, -0.25) is 0 Å². The van der Waals surface area contributed by atoms with Crippen molar-refractivity contribution in [1.82, 2.24) is 0 Å². The normalized spacial score (nSPS) is 29.5. The van der Waals surface area contributed by atoms with Gasteiger partial charge in [-0.25, -0.2) is 0 Å². The standard InChI is InChI=1S/C10H16O/c1-10(2,3)8-4-7-6-11-9(7)5-8/h8H,4-6H2,1-3H3. The lowest BCUT2D eigenvalue weighted by atomic mass is 9.79. The van der Waals surface area contributed by atoms with Gasteiger partial charge >= 0.3 is 0 Å². The molecule has 0 aromatic carbocycles. The van der Waals surface area contributed by atoms with E-state index >= 15 is 0 Å². The highest BCUT2D eigenvalue weighted by Gasteiger charge is 2.37. The molecule has 62 valence electrons. The molecule has 0 radical (unpaired) electrons. The van der Waals surface area contributed by atoms with Gasteiger partial charge in [-0.05, 0) is 17.8 Å². The molecule has 0 fully saturated rings. The van der Waals surface area contributed by atoms with Crippen molar-refractivity contribution < 1.29 is 4.74 Å². The number of ether oxygens (including phenoxy) is 1. The molecule has 2 aliphatic rings. The third kappa shape index (κ3) is 1.07. The van der Waals surface area contributed by atoms with Crippen LogP contribution < -0.4 is 0 Å². The van der Waals surface area contributed by atoms with E-state index in [0.29, 0.717) is 5.41 Å². The summed E-state index contributed by atoms with van der Waals surface area (Å²) in [5.41, 5.74) is 2.05. The Kier molecular flexibility index (Phi) is 1.33. The van der Waals surface area contributed by atoms with Crippen molar-refractivity contribution in [3.05, 3.63) is 11.3 Å². The molecule has 1 heteroatoms. The van der Waals surface area contributed by atoms with Crippen LogP contribution >= 0.6 is 0 Å². The van der Waals surface area contributed by atoms with Crippen LogP contribution in [0.1, 0.15) is 33.6 Å². The van der Waals surface area contributed by atoms with Crippen LogP contribution in [0.4, 0.5) is 0 Å². The Labute approximate surface area is 68.4 Å². The molecule has 0 saturated heterocycles. The molecule has 1 aliphatic heterocycles. The van der Waals surface area contributed by atoms with Crippen molar-refractivity contribution in [3.63, 3.8) is 0 Å². The van der Waals surface area contributed by atoms with Crippen LogP contribution in [-0.4, -0.2) is 6.61 Å². The van der Waals surface area contributed by atoms with E-state index in [1.165, 1.54) is 18.6 Å². The van der Waals surface area contributed by atoms with Gasteiger partial charge in [-0.15, -0.1) is 0 Å². The van der Waals surface area contributed by atoms with Crippen molar-refractivity contribution in [2.45, 2.75) is 33.6 Å². The number of rotatable bonds is 0. The molecule has 2 rings (SSSR count). The highest BCUT2D eigenvalue weighted by Crippen LogP contribution is 2.46. The van der Waals surface area contributed by atoms with E-state index in [0.717, 1.165) is 12.5 Å². The molecule has 11 heavy (non-hydrogen) atoms. The molecule has 1 atom stereocenters. The van der Waals surface area contributed by atoms with Crippen molar-refractivity contribution in [1.29, 1.82) is 0 Å². The molecule has 0 spiro atoms. The Morgan fingerprint density at radius 1 is 1.27 bits per heavy atom. The lowest BCUT2D eigenvalue weighted by molar-refractivity contribution is 0.173. The van der Waals surface area contributed by atoms with Crippen LogP contribution in [0.3, 0.4) is 0 Å². The Bertz CT molecular complexity index is 191. The van der Waals surface area contributed by atoms with E-state index in [9.17, 15) is 0 Å². The van der Waals surface area contributed by atoms with Gasteiger partial charge in [0.1, 0.15) is 6.61 Å². The monoisotopic (exact) mass is 152 g/mol. The zero-order chi connectivity index (χ0) is 8.06. The predicted molar refractivity (Wildman–Crippen MR) is 45.2 cm³/mol. The van der Waals surface area contributed by atoms with Gasteiger partial charge in [0.15, 0.2) is 0 Å². The molecular formula is C10H16O. The molecule has 0 N–H and O–H groups in total. The first-order valence-electron chi connectivity index (χ1n) is 4.41. The van der Waals surface area contributed by atoms with E-state index in [-0.39, 0.29) is 0 Å². The van der Waals surface area contributed by atoms with Crippen molar-refractivity contribution in [2.75, 3.05) is 6.61 Å². The van der Waals surface area contributed by atoms with Gasteiger partial charge in [0, 0.05) is 12.0 Å².